The Morgan fingerprint density at radius 2 is 1.69 bits per heavy atom. The van der Waals surface area contributed by atoms with E-state index < -0.39 is 0 Å². The second kappa shape index (κ2) is 8.39. The summed E-state index contributed by atoms with van der Waals surface area (Å²) >= 11 is 0. The first-order chi connectivity index (χ1) is 14.2. The summed E-state index contributed by atoms with van der Waals surface area (Å²) in [5, 5.41) is 11.1. The van der Waals surface area contributed by atoms with Crippen LogP contribution in [0.5, 0.6) is 5.75 Å². The molecule has 6 heteroatoms. The van der Waals surface area contributed by atoms with E-state index in [-0.39, 0.29) is 5.91 Å². The summed E-state index contributed by atoms with van der Waals surface area (Å²) in [5.41, 5.74) is 4.07. The lowest BCUT2D eigenvalue weighted by molar-refractivity contribution is 0.102. The fourth-order valence-electron chi connectivity index (χ4n) is 2.99. The first-order valence-electron chi connectivity index (χ1n) is 9.35. The van der Waals surface area contributed by atoms with Crippen LogP contribution in [0.3, 0.4) is 0 Å². The van der Waals surface area contributed by atoms with Gasteiger partial charge in [0.25, 0.3) is 5.91 Å². The lowest BCUT2D eigenvalue weighted by atomic mass is 10.1. The normalized spacial score (nSPS) is 10.5. The standard InChI is InChI=1S/C23H20N4O2/c1-2-29-21-14-8-18(9-15-21)23(28)25-19-10-12-20(13-11-19)27-22(16-24-26-27)17-6-4-3-5-7-17/h3-16H,2H2,1H3,(H,25,28). The van der Waals surface area contributed by atoms with Crippen molar-refractivity contribution < 1.29 is 9.53 Å². The Hall–Kier alpha value is -3.93. The van der Waals surface area contributed by atoms with Crippen molar-refractivity contribution in [3.63, 3.8) is 0 Å². The fourth-order valence-corrected chi connectivity index (χ4v) is 2.99. The molecule has 0 aliphatic rings. The van der Waals surface area contributed by atoms with Gasteiger partial charge in [-0.2, -0.15) is 0 Å². The summed E-state index contributed by atoms with van der Waals surface area (Å²) in [7, 11) is 0. The van der Waals surface area contributed by atoms with Crippen LogP contribution in [-0.4, -0.2) is 27.5 Å². The van der Waals surface area contributed by atoms with Gasteiger partial charge in [-0.3, -0.25) is 4.79 Å². The molecule has 1 aromatic heterocycles. The average molecular weight is 384 g/mol. The fraction of sp³-hybridized carbons (Fsp3) is 0.0870. The predicted octanol–water partition coefficient (Wildman–Crippen LogP) is 4.59. The van der Waals surface area contributed by atoms with Crippen LogP contribution in [0.25, 0.3) is 16.9 Å². The minimum Gasteiger partial charge on any atom is -0.494 e. The molecule has 0 aliphatic carbocycles. The van der Waals surface area contributed by atoms with E-state index in [0.717, 1.165) is 22.7 Å². The molecule has 0 bridgehead atoms. The Morgan fingerprint density at radius 1 is 0.966 bits per heavy atom. The van der Waals surface area contributed by atoms with Crippen molar-refractivity contribution in [2.24, 2.45) is 0 Å². The Labute approximate surface area is 168 Å². The summed E-state index contributed by atoms with van der Waals surface area (Å²) in [6.07, 6.45) is 1.73. The van der Waals surface area contributed by atoms with Gasteiger partial charge in [-0.15, -0.1) is 5.10 Å². The second-order valence-electron chi connectivity index (χ2n) is 6.36. The highest BCUT2D eigenvalue weighted by Gasteiger charge is 2.10. The Bertz CT molecular complexity index is 1090. The predicted molar refractivity (Wildman–Crippen MR) is 112 cm³/mol. The number of hydrogen-bond donors (Lipinski definition) is 1. The molecule has 144 valence electrons. The van der Waals surface area contributed by atoms with Crippen molar-refractivity contribution >= 4 is 11.6 Å². The molecule has 6 nitrogen and oxygen atoms in total. The Morgan fingerprint density at radius 3 is 2.38 bits per heavy atom. The van der Waals surface area contributed by atoms with E-state index in [1.54, 1.807) is 35.1 Å². The van der Waals surface area contributed by atoms with Gasteiger partial charge < -0.3 is 10.1 Å². The zero-order valence-electron chi connectivity index (χ0n) is 15.9. The van der Waals surface area contributed by atoms with Crippen LogP contribution in [0.1, 0.15) is 17.3 Å². The van der Waals surface area contributed by atoms with E-state index in [2.05, 4.69) is 15.6 Å². The maximum absolute atomic E-state index is 12.5. The molecule has 4 rings (SSSR count). The maximum atomic E-state index is 12.5. The van der Waals surface area contributed by atoms with Crippen LogP contribution in [0.15, 0.2) is 85.1 Å². The number of aromatic nitrogens is 3. The van der Waals surface area contributed by atoms with E-state index in [4.69, 9.17) is 4.74 Å². The molecule has 3 aromatic carbocycles. The monoisotopic (exact) mass is 384 g/mol. The number of carbonyl (C=O) groups excluding carboxylic acids is 1. The van der Waals surface area contributed by atoms with Gasteiger partial charge >= 0.3 is 0 Å². The van der Waals surface area contributed by atoms with Crippen molar-refractivity contribution in [1.29, 1.82) is 0 Å². The highest BCUT2D eigenvalue weighted by atomic mass is 16.5. The number of carbonyl (C=O) groups is 1. The molecule has 0 spiro atoms. The summed E-state index contributed by atoms with van der Waals surface area (Å²) in [6, 6.07) is 24.5. The third-order valence-corrected chi connectivity index (χ3v) is 4.42. The van der Waals surface area contributed by atoms with Crippen molar-refractivity contribution in [2.45, 2.75) is 6.92 Å². The number of rotatable bonds is 6. The van der Waals surface area contributed by atoms with Crippen molar-refractivity contribution in [1.82, 2.24) is 15.0 Å². The van der Waals surface area contributed by atoms with E-state index in [1.165, 1.54) is 0 Å². The molecule has 0 fully saturated rings. The van der Waals surface area contributed by atoms with Crippen LogP contribution in [0, 0.1) is 0 Å². The van der Waals surface area contributed by atoms with Crippen molar-refractivity contribution in [3.8, 4) is 22.7 Å². The first-order valence-corrected chi connectivity index (χ1v) is 9.35. The second-order valence-corrected chi connectivity index (χ2v) is 6.36. The van der Waals surface area contributed by atoms with Crippen LogP contribution >= 0.6 is 0 Å². The lowest BCUT2D eigenvalue weighted by Crippen LogP contribution is -2.11. The number of amides is 1. The number of hydrogen-bond acceptors (Lipinski definition) is 4. The molecule has 0 saturated carbocycles. The van der Waals surface area contributed by atoms with Gasteiger partial charge in [-0.05, 0) is 55.5 Å². The number of benzene rings is 3. The summed E-state index contributed by atoms with van der Waals surface area (Å²) in [6.45, 7) is 2.52. The van der Waals surface area contributed by atoms with Crippen molar-refractivity contribution in [3.05, 3.63) is 90.6 Å². The van der Waals surface area contributed by atoms with Crippen molar-refractivity contribution in [2.75, 3.05) is 11.9 Å². The number of nitrogens with one attached hydrogen (secondary N) is 1. The molecule has 4 aromatic rings. The van der Waals surface area contributed by atoms with E-state index in [9.17, 15) is 4.79 Å². The summed E-state index contributed by atoms with van der Waals surface area (Å²) in [4.78, 5) is 12.5. The number of anilines is 1. The minimum absolute atomic E-state index is 0.175. The molecular weight excluding hydrogens is 364 g/mol. The van der Waals surface area contributed by atoms with Gasteiger partial charge in [-0.1, -0.05) is 35.5 Å². The van der Waals surface area contributed by atoms with Crippen LogP contribution in [0.4, 0.5) is 5.69 Å². The molecular formula is C23H20N4O2. The average Bonchev–Trinajstić information content (AvgIpc) is 3.26. The zero-order valence-corrected chi connectivity index (χ0v) is 15.9. The smallest absolute Gasteiger partial charge is 0.255 e. The van der Waals surface area contributed by atoms with E-state index in [1.807, 2.05) is 61.5 Å². The topological polar surface area (TPSA) is 69.0 Å². The molecule has 0 atom stereocenters. The Balaban J connectivity index is 1.49. The third kappa shape index (κ3) is 4.16. The van der Waals surface area contributed by atoms with Gasteiger partial charge in [0.1, 0.15) is 5.75 Å². The zero-order chi connectivity index (χ0) is 20.1. The summed E-state index contributed by atoms with van der Waals surface area (Å²) < 4.78 is 7.18. The number of nitrogens with zero attached hydrogens (tertiary/aromatic N) is 3. The van der Waals surface area contributed by atoms with Crippen LogP contribution in [0.2, 0.25) is 0 Å². The SMILES string of the molecule is CCOc1ccc(C(=O)Nc2ccc(-n3nncc3-c3ccccc3)cc2)cc1. The van der Waals surface area contributed by atoms with Gasteiger partial charge in [0.05, 0.1) is 24.2 Å². The maximum Gasteiger partial charge on any atom is 0.255 e. The molecule has 0 aliphatic heterocycles. The molecule has 0 saturated heterocycles. The highest BCUT2D eigenvalue weighted by Crippen LogP contribution is 2.22. The van der Waals surface area contributed by atoms with Crippen LogP contribution in [-0.2, 0) is 0 Å². The quantitative estimate of drug-likeness (QED) is 0.528. The third-order valence-electron chi connectivity index (χ3n) is 4.42. The minimum atomic E-state index is -0.175. The van der Waals surface area contributed by atoms with E-state index >= 15 is 0 Å². The van der Waals surface area contributed by atoms with Gasteiger partial charge in [0.15, 0.2) is 0 Å². The molecule has 29 heavy (non-hydrogen) atoms. The molecule has 1 heterocycles. The molecule has 1 amide bonds. The molecule has 0 unspecified atom stereocenters. The van der Waals surface area contributed by atoms with Gasteiger partial charge in [0.2, 0.25) is 0 Å². The Kier molecular flexibility index (Phi) is 5.33. The number of ether oxygens (including phenoxy) is 1. The van der Waals surface area contributed by atoms with Gasteiger partial charge in [-0.25, -0.2) is 4.68 Å². The summed E-state index contributed by atoms with van der Waals surface area (Å²) in [5.74, 6) is 0.571. The molecule has 1 N–H and O–H groups in total. The van der Waals surface area contributed by atoms with Gasteiger partial charge in [0, 0.05) is 16.8 Å². The first kappa shape index (κ1) is 18.4. The lowest BCUT2D eigenvalue weighted by Gasteiger charge is -2.09. The highest BCUT2D eigenvalue weighted by molar-refractivity contribution is 6.04. The van der Waals surface area contributed by atoms with Crippen LogP contribution < -0.4 is 10.1 Å². The largest absolute Gasteiger partial charge is 0.494 e. The molecule has 0 radical (unpaired) electrons. The van der Waals surface area contributed by atoms with E-state index in [0.29, 0.717) is 17.9 Å².